The Hall–Kier alpha value is -3.41. The van der Waals surface area contributed by atoms with Crippen molar-refractivity contribution in [3.8, 4) is 0 Å². The number of unbranched alkanes of at least 4 members (excludes halogenated alkanes) is 38. The molecule has 0 aromatic heterocycles. The normalized spacial score (nSPS) is 12.6. The molecule has 6 nitrogen and oxygen atoms in total. The molecule has 0 aliphatic rings. The maximum absolute atomic E-state index is 12.9. The fraction of sp³-hybridized carbons (Fsp3) is 0.770. The van der Waals surface area contributed by atoms with Crippen LogP contribution >= 0.6 is 0 Å². The summed E-state index contributed by atoms with van der Waals surface area (Å²) in [6.45, 7) is 6.51. The number of carbonyl (C=O) groups is 3. The van der Waals surface area contributed by atoms with E-state index < -0.39 is 6.10 Å². The number of ether oxygens (including phenoxy) is 3. The molecule has 1 unspecified atom stereocenters. The van der Waals surface area contributed by atoms with Crippen LogP contribution in [0.3, 0.4) is 0 Å². The minimum atomic E-state index is -0.819. The van der Waals surface area contributed by atoms with E-state index in [9.17, 15) is 14.4 Å². The van der Waals surface area contributed by atoms with Crippen LogP contribution in [0.2, 0.25) is 0 Å². The summed E-state index contributed by atoms with van der Waals surface area (Å²) in [6.07, 6.45) is 90.5. The summed E-state index contributed by atoms with van der Waals surface area (Å²) in [5.41, 5.74) is 0. The van der Waals surface area contributed by atoms with Crippen LogP contribution in [0.15, 0.2) is 85.1 Å². The summed E-state index contributed by atoms with van der Waals surface area (Å²) in [6, 6.07) is 0. The molecule has 0 aromatic rings. The Bertz CT molecular complexity index is 1520. The lowest BCUT2D eigenvalue weighted by Gasteiger charge is -2.18. The van der Waals surface area contributed by atoms with Gasteiger partial charge in [-0.15, -0.1) is 0 Å². The van der Waals surface area contributed by atoms with Gasteiger partial charge >= 0.3 is 17.9 Å². The Morgan fingerprint density at radius 1 is 0.263 bits per heavy atom. The quantitative estimate of drug-likeness (QED) is 0.0261. The Kier molecular flexibility index (Phi) is 65.2. The highest BCUT2D eigenvalue weighted by Crippen LogP contribution is 2.18. The first-order valence-corrected chi connectivity index (χ1v) is 34.6. The van der Waals surface area contributed by atoms with Gasteiger partial charge < -0.3 is 14.2 Å². The number of carbonyl (C=O) groups excluding carboxylic acids is 3. The van der Waals surface area contributed by atoms with Gasteiger partial charge in [0, 0.05) is 19.3 Å². The standard InChI is InChI=1S/C74H130O6/c1-4-7-10-13-16-19-22-25-28-31-33-34-35-36-37-38-39-41-43-46-49-52-55-58-61-64-67-73(76)79-70-71(69-78-72(75)66-63-60-57-54-51-48-45-42-30-27-24-21-18-15-12-9-6-3)80-74(77)68-65-62-59-56-53-50-47-44-40-32-29-26-23-20-17-14-11-8-5-2/h8,11,17,20,26-27,29-30,40,44,50,53,59,62,71H,4-7,9-10,12-16,18-19,21-25,28,31-39,41-43,45-49,51-52,54-58,60-61,63-70H2,1-3H3/b11-8-,20-17-,29-26-,30-27-,44-40-,53-50-,62-59-. The van der Waals surface area contributed by atoms with Gasteiger partial charge in [-0.05, 0) is 83.5 Å². The first kappa shape index (κ1) is 76.6. The third-order valence-electron chi connectivity index (χ3n) is 15.1. The lowest BCUT2D eigenvalue weighted by Crippen LogP contribution is -2.30. The number of hydrogen-bond donors (Lipinski definition) is 0. The second-order valence-electron chi connectivity index (χ2n) is 23.1. The molecule has 0 aliphatic carbocycles. The van der Waals surface area contributed by atoms with Gasteiger partial charge in [-0.1, -0.05) is 331 Å². The summed E-state index contributed by atoms with van der Waals surface area (Å²) >= 11 is 0. The SMILES string of the molecule is CC/C=C\C/C=C\C/C=C\C/C=C\C/C=C\C/C=C\CCC(=O)OC(COC(=O)CCCCCCCCC/C=C\CCCCCCCC)COC(=O)CCCCCCCCCCCCCCCCCCCCCCCCCCCC. The first-order valence-electron chi connectivity index (χ1n) is 34.6. The van der Waals surface area contributed by atoms with E-state index in [0.717, 1.165) is 77.0 Å². The van der Waals surface area contributed by atoms with E-state index in [-0.39, 0.29) is 37.5 Å². The molecular formula is C74H130O6. The van der Waals surface area contributed by atoms with Gasteiger partial charge in [-0.2, -0.15) is 0 Å². The zero-order valence-corrected chi connectivity index (χ0v) is 53.1. The lowest BCUT2D eigenvalue weighted by atomic mass is 10.0. The smallest absolute Gasteiger partial charge is 0.306 e. The third kappa shape index (κ3) is 65.4. The number of allylic oxidation sites excluding steroid dienone is 14. The molecule has 80 heavy (non-hydrogen) atoms. The molecular weight excluding hydrogens is 985 g/mol. The fourth-order valence-corrected chi connectivity index (χ4v) is 10.00. The second kappa shape index (κ2) is 68.1. The van der Waals surface area contributed by atoms with Gasteiger partial charge in [0.05, 0.1) is 0 Å². The number of esters is 3. The number of rotatable bonds is 63. The highest BCUT2D eigenvalue weighted by molar-refractivity contribution is 5.71. The van der Waals surface area contributed by atoms with Crippen LogP contribution in [0.4, 0.5) is 0 Å². The Balaban J connectivity index is 4.37. The van der Waals surface area contributed by atoms with Crippen LogP contribution in [0.1, 0.15) is 348 Å². The molecule has 462 valence electrons. The van der Waals surface area contributed by atoms with E-state index >= 15 is 0 Å². The van der Waals surface area contributed by atoms with Crippen molar-refractivity contribution in [1.82, 2.24) is 0 Å². The van der Waals surface area contributed by atoms with Crippen molar-refractivity contribution in [3.63, 3.8) is 0 Å². The topological polar surface area (TPSA) is 78.9 Å². The molecule has 0 amide bonds. The van der Waals surface area contributed by atoms with Crippen LogP contribution < -0.4 is 0 Å². The van der Waals surface area contributed by atoms with Crippen molar-refractivity contribution < 1.29 is 28.6 Å². The molecule has 0 aromatic carbocycles. The monoisotopic (exact) mass is 1110 g/mol. The Morgan fingerprint density at radius 2 is 0.512 bits per heavy atom. The highest BCUT2D eigenvalue weighted by Gasteiger charge is 2.19. The van der Waals surface area contributed by atoms with Crippen LogP contribution in [-0.4, -0.2) is 37.2 Å². The van der Waals surface area contributed by atoms with Crippen molar-refractivity contribution in [2.24, 2.45) is 0 Å². The summed E-state index contributed by atoms with van der Waals surface area (Å²) in [5.74, 6) is -0.977. The summed E-state index contributed by atoms with van der Waals surface area (Å²) in [5, 5.41) is 0. The average Bonchev–Trinajstić information content (AvgIpc) is 3.46. The molecule has 0 saturated carbocycles. The Labute approximate surface area is 496 Å². The van der Waals surface area contributed by atoms with Crippen LogP contribution in [-0.2, 0) is 28.6 Å². The largest absolute Gasteiger partial charge is 0.462 e. The maximum atomic E-state index is 12.9. The van der Waals surface area contributed by atoms with Gasteiger partial charge in [-0.25, -0.2) is 0 Å². The van der Waals surface area contributed by atoms with E-state index in [1.165, 1.54) is 225 Å². The minimum Gasteiger partial charge on any atom is -0.462 e. The average molecular weight is 1120 g/mol. The molecule has 0 bridgehead atoms. The first-order chi connectivity index (χ1) is 39.5. The molecule has 0 saturated heterocycles. The number of hydrogen-bond acceptors (Lipinski definition) is 6. The molecule has 6 heteroatoms. The second-order valence-corrected chi connectivity index (χ2v) is 23.1. The Morgan fingerprint density at radius 3 is 0.812 bits per heavy atom. The van der Waals surface area contributed by atoms with Gasteiger partial charge in [0.1, 0.15) is 13.2 Å². The zero-order chi connectivity index (χ0) is 57.8. The molecule has 1 atom stereocenters. The minimum absolute atomic E-state index is 0.105. The molecule has 0 radical (unpaired) electrons. The molecule has 0 aliphatic heterocycles. The third-order valence-corrected chi connectivity index (χ3v) is 15.1. The van der Waals surface area contributed by atoms with E-state index in [1.54, 1.807) is 0 Å². The predicted octanol–water partition coefficient (Wildman–Crippen LogP) is 23.8. The summed E-state index contributed by atoms with van der Waals surface area (Å²) in [7, 11) is 0. The van der Waals surface area contributed by atoms with Gasteiger partial charge in [0.2, 0.25) is 0 Å². The highest BCUT2D eigenvalue weighted by atomic mass is 16.6. The molecule has 0 heterocycles. The van der Waals surface area contributed by atoms with Crippen molar-refractivity contribution in [2.75, 3.05) is 13.2 Å². The van der Waals surface area contributed by atoms with E-state index in [4.69, 9.17) is 14.2 Å². The van der Waals surface area contributed by atoms with E-state index in [1.807, 2.05) is 6.08 Å². The maximum Gasteiger partial charge on any atom is 0.306 e. The predicted molar refractivity (Wildman–Crippen MR) is 348 cm³/mol. The van der Waals surface area contributed by atoms with Crippen molar-refractivity contribution in [2.45, 2.75) is 354 Å². The lowest BCUT2D eigenvalue weighted by molar-refractivity contribution is -0.166. The molecule has 0 spiro atoms. The zero-order valence-electron chi connectivity index (χ0n) is 53.1. The molecule has 0 rings (SSSR count). The van der Waals surface area contributed by atoms with Crippen LogP contribution in [0.25, 0.3) is 0 Å². The van der Waals surface area contributed by atoms with Gasteiger partial charge in [-0.3, -0.25) is 14.4 Å². The van der Waals surface area contributed by atoms with E-state index in [2.05, 4.69) is 99.8 Å². The summed E-state index contributed by atoms with van der Waals surface area (Å²) in [4.78, 5) is 38.4. The molecule has 0 N–H and O–H groups in total. The van der Waals surface area contributed by atoms with Crippen molar-refractivity contribution in [3.05, 3.63) is 85.1 Å². The molecule has 0 fully saturated rings. The van der Waals surface area contributed by atoms with Crippen molar-refractivity contribution in [1.29, 1.82) is 0 Å². The van der Waals surface area contributed by atoms with Crippen LogP contribution in [0, 0.1) is 0 Å². The van der Waals surface area contributed by atoms with Crippen LogP contribution in [0.5, 0.6) is 0 Å². The van der Waals surface area contributed by atoms with Crippen molar-refractivity contribution >= 4 is 17.9 Å². The summed E-state index contributed by atoms with van der Waals surface area (Å²) < 4.78 is 16.9. The van der Waals surface area contributed by atoms with Gasteiger partial charge in [0.25, 0.3) is 0 Å². The fourth-order valence-electron chi connectivity index (χ4n) is 10.00. The van der Waals surface area contributed by atoms with E-state index in [0.29, 0.717) is 19.3 Å². The van der Waals surface area contributed by atoms with Gasteiger partial charge in [0.15, 0.2) is 6.10 Å².